The number of aromatic nitrogens is 1. The number of amides is 1. The number of carbonyl (C=O) groups excluding carboxylic acids is 1. The SMILES string of the molecule is CCc1nc(CCNC(=O)C(C)Oc2cccc(CO)c2)sc1C. The van der Waals surface area contributed by atoms with E-state index in [4.69, 9.17) is 9.84 Å². The second kappa shape index (κ2) is 8.80. The first kappa shape index (κ1) is 18.4. The molecule has 1 atom stereocenters. The van der Waals surface area contributed by atoms with E-state index in [9.17, 15) is 4.79 Å². The molecule has 1 amide bonds. The summed E-state index contributed by atoms with van der Waals surface area (Å²) in [5.41, 5.74) is 1.90. The lowest BCUT2D eigenvalue weighted by Gasteiger charge is -2.15. The van der Waals surface area contributed by atoms with Gasteiger partial charge in [-0.25, -0.2) is 4.98 Å². The van der Waals surface area contributed by atoms with E-state index in [2.05, 4.69) is 24.1 Å². The van der Waals surface area contributed by atoms with Gasteiger partial charge in [-0.15, -0.1) is 11.3 Å². The van der Waals surface area contributed by atoms with E-state index < -0.39 is 6.10 Å². The number of benzene rings is 1. The van der Waals surface area contributed by atoms with Crippen molar-refractivity contribution < 1.29 is 14.6 Å². The van der Waals surface area contributed by atoms with Crippen molar-refractivity contribution in [3.8, 4) is 5.75 Å². The van der Waals surface area contributed by atoms with Crippen LogP contribution in [0.1, 0.15) is 35.0 Å². The van der Waals surface area contributed by atoms with Gasteiger partial charge in [-0.3, -0.25) is 4.79 Å². The minimum Gasteiger partial charge on any atom is -0.481 e. The van der Waals surface area contributed by atoms with Crippen LogP contribution in [-0.2, 0) is 24.2 Å². The van der Waals surface area contributed by atoms with Crippen LogP contribution in [0, 0.1) is 6.92 Å². The molecule has 1 aromatic heterocycles. The van der Waals surface area contributed by atoms with E-state index in [1.165, 1.54) is 4.88 Å². The van der Waals surface area contributed by atoms with Crippen molar-refractivity contribution in [1.29, 1.82) is 0 Å². The third kappa shape index (κ3) is 5.04. The molecule has 1 heterocycles. The number of carbonyl (C=O) groups is 1. The van der Waals surface area contributed by atoms with Gasteiger partial charge in [0.25, 0.3) is 5.91 Å². The van der Waals surface area contributed by atoms with Crippen LogP contribution in [0.4, 0.5) is 0 Å². The number of aliphatic hydroxyl groups is 1. The lowest BCUT2D eigenvalue weighted by atomic mass is 10.2. The highest BCUT2D eigenvalue weighted by molar-refractivity contribution is 7.11. The van der Waals surface area contributed by atoms with E-state index in [1.54, 1.807) is 42.5 Å². The Bertz CT molecular complexity index is 685. The molecular weight excluding hydrogens is 324 g/mol. The highest BCUT2D eigenvalue weighted by atomic mass is 32.1. The van der Waals surface area contributed by atoms with Crippen LogP contribution < -0.4 is 10.1 Å². The van der Waals surface area contributed by atoms with Crippen LogP contribution >= 0.6 is 11.3 Å². The number of thiazole rings is 1. The molecule has 6 heteroatoms. The quantitative estimate of drug-likeness (QED) is 0.769. The lowest BCUT2D eigenvalue weighted by Crippen LogP contribution is -2.37. The first-order chi connectivity index (χ1) is 11.5. The molecule has 2 aromatic rings. The number of ether oxygens (including phenoxy) is 1. The van der Waals surface area contributed by atoms with Crippen molar-refractivity contribution in [2.24, 2.45) is 0 Å². The predicted octanol–water partition coefficient (Wildman–Crippen LogP) is 2.63. The topological polar surface area (TPSA) is 71.5 Å². The molecule has 2 N–H and O–H groups in total. The van der Waals surface area contributed by atoms with Gasteiger partial charge in [0.2, 0.25) is 0 Å². The van der Waals surface area contributed by atoms with Crippen molar-refractivity contribution in [2.75, 3.05) is 6.54 Å². The maximum atomic E-state index is 12.1. The predicted molar refractivity (Wildman–Crippen MR) is 95.4 cm³/mol. The zero-order valence-electron chi connectivity index (χ0n) is 14.3. The molecule has 130 valence electrons. The molecule has 0 bridgehead atoms. The van der Waals surface area contributed by atoms with Crippen LogP contribution in [0.2, 0.25) is 0 Å². The fourth-order valence-corrected chi connectivity index (χ4v) is 3.35. The van der Waals surface area contributed by atoms with Crippen molar-refractivity contribution in [1.82, 2.24) is 10.3 Å². The monoisotopic (exact) mass is 348 g/mol. The molecular formula is C18H24N2O3S. The van der Waals surface area contributed by atoms with E-state index in [1.807, 2.05) is 0 Å². The molecule has 0 fully saturated rings. The molecule has 2 rings (SSSR count). The summed E-state index contributed by atoms with van der Waals surface area (Å²) in [7, 11) is 0. The Morgan fingerprint density at radius 2 is 2.25 bits per heavy atom. The van der Waals surface area contributed by atoms with Gasteiger partial charge in [0.1, 0.15) is 5.75 Å². The highest BCUT2D eigenvalue weighted by Gasteiger charge is 2.15. The molecule has 1 unspecified atom stereocenters. The number of aryl methyl sites for hydroxylation is 2. The van der Waals surface area contributed by atoms with E-state index in [-0.39, 0.29) is 12.5 Å². The largest absolute Gasteiger partial charge is 0.481 e. The van der Waals surface area contributed by atoms with E-state index in [0.29, 0.717) is 12.3 Å². The maximum Gasteiger partial charge on any atom is 0.260 e. The molecule has 0 aliphatic rings. The Labute approximate surface area is 146 Å². The van der Waals surface area contributed by atoms with Crippen LogP contribution in [0.5, 0.6) is 5.75 Å². The van der Waals surface area contributed by atoms with Gasteiger partial charge >= 0.3 is 0 Å². The summed E-state index contributed by atoms with van der Waals surface area (Å²) >= 11 is 1.69. The van der Waals surface area contributed by atoms with Gasteiger partial charge in [0.05, 0.1) is 17.3 Å². The maximum absolute atomic E-state index is 12.1. The number of aliphatic hydroxyl groups excluding tert-OH is 1. The van der Waals surface area contributed by atoms with Crippen molar-refractivity contribution in [2.45, 2.75) is 46.3 Å². The number of hydrogen-bond acceptors (Lipinski definition) is 5. The van der Waals surface area contributed by atoms with Crippen LogP contribution in [0.25, 0.3) is 0 Å². The Hall–Kier alpha value is -1.92. The molecule has 1 aromatic carbocycles. The molecule has 5 nitrogen and oxygen atoms in total. The average molecular weight is 348 g/mol. The zero-order valence-corrected chi connectivity index (χ0v) is 15.2. The molecule has 0 aliphatic heterocycles. The summed E-state index contributed by atoms with van der Waals surface area (Å²) in [5.74, 6) is 0.417. The summed E-state index contributed by atoms with van der Waals surface area (Å²) in [6, 6.07) is 7.10. The van der Waals surface area contributed by atoms with Gasteiger partial charge in [-0.2, -0.15) is 0 Å². The Kier molecular flexibility index (Phi) is 6.75. The van der Waals surface area contributed by atoms with Crippen LogP contribution in [-0.4, -0.2) is 28.6 Å². The van der Waals surface area contributed by atoms with Crippen molar-refractivity contribution in [3.63, 3.8) is 0 Å². The zero-order chi connectivity index (χ0) is 17.5. The molecule has 0 radical (unpaired) electrons. The van der Waals surface area contributed by atoms with Crippen LogP contribution in [0.15, 0.2) is 24.3 Å². The van der Waals surface area contributed by atoms with Crippen molar-refractivity contribution >= 4 is 17.2 Å². The van der Waals surface area contributed by atoms with Gasteiger partial charge in [-0.05, 0) is 38.0 Å². The van der Waals surface area contributed by atoms with Gasteiger partial charge in [0.15, 0.2) is 6.10 Å². The fraction of sp³-hybridized carbons (Fsp3) is 0.444. The van der Waals surface area contributed by atoms with Gasteiger partial charge < -0.3 is 15.2 Å². The number of nitrogens with one attached hydrogen (secondary N) is 1. The van der Waals surface area contributed by atoms with Crippen LogP contribution in [0.3, 0.4) is 0 Å². The van der Waals surface area contributed by atoms with Crippen molar-refractivity contribution in [3.05, 3.63) is 45.4 Å². The molecule has 0 saturated carbocycles. The summed E-state index contributed by atoms with van der Waals surface area (Å²) < 4.78 is 5.63. The third-order valence-corrected chi connectivity index (χ3v) is 4.75. The number of rotatable bonds is 8. The minimum atomic E-state index is -0.594. The second-order valence-corrected chi connectivity index (χ2v) is 6.86. The summed E-state index contributed by atoms with van der Waals surface area (Å²) in [5, 5.41) is 13.1. The minimum absolute atomic E-state index is 0.0508. The first-order valence-corrected chi connectivity index (χ1v) is 8.94. The Morgan fingerprint density at radius 3 is 2.92 bits per heavy atom. The molecule has 0 saturated heterocycles. The van der Waals surface area contributed by atoms with Gasteiger partial charge in [0, 0.05) is 17.8 Å². The molecule has 0 aliphatic carbocycles. The summed E-state index contributed by atoms with van der Waals surface area (Å²) in [6.07, 6.45) is 1.07. The number of nitrogens with zero attached hydrogens (tertiary/aromatic N) is 1. The standard InChI is InChI=1S/C18H24N2O3S/c1-4-16-13(3)24-17(20-16)8-9-19-18(22)12(2)23-15-7-5-6-14(10-15)11-21/h5-7,10,12,21H,4,8-9,11H2,1-3H3,(H,19,22). The fourth-order valence-electron chi connectivity index (χ4n) is 2.33. The smallest absolute Gasteiger partial charge is 0.260 e. The third-order valence-electron chi connectivity index (χ3n) is 3.67. The highest BCUT2D eigenvalue weighted by Crippen LogP contribution is 2.18. The van der Waals surface area contributed by atoms with E-state index >= 15 is 0 Å². The Balaban J connectivity index is 1.80. The molecule has 24 heavy (non-hydrogen) atoms. The normalized spacial score (nSPS) is 12.0. The second-order valence-electron chi connectivity index (χ2n) is 5.57. The van der Waals surface area contributed by atoms with E-state index in [0.717, 1.165) is 29.1 Å². The van der Waals surface area contributed by atoms with Gasteiger partial charge in [-0.1, -0.05) is 19.1 Å². The summed E-state index contributed by atoms with van der Waals surface area (Å²) in [6.45, 7) is 6.38. The average Bonchev–Trinajstić information content (AvgIpc) is 2.94. The molecule has 0 spiro atoms. The summed E-state index contributed by atoms with van der Waals surface area (Å²) in [4.78, 5) is 17.9. The lowest BCUT2D eigenvalue weighted by molar-refractivity contribution is -0.127. The first-order valence-electron chi connectivity index (χ1n) is 8.12. The Morgan fingerprint density at radius 1 is 1.46 bits per heavy atom. The number of hydrogen-bond donors (Lipinski definition) is 2.